The number of hydrazone groups is 1. The molecule has 0 radical (unpaired) electrons. The second-order valence-corrected chi connectivity index (χ2v) is 6.08. The van der Waals surface area contributed by atoms with Crippen molar-refractivity contribution in [1.82, 2.24) is 10.7 Å². The van der Waals surface area contributed by atoms with Gasteiger partial charge in [-0.05, 0) is 25.0 Å². The summed E-state index contributed by atoms with van der Waals surface area (Å²) in [6, 6.07) is 15.0. The summed E-state index contributed by atoms with van der Waals surface area (Å²) in [6.45, 7) is 0.556. The summed E-state index contributed by atoms with van der Waals surface area (Å²) in [5, 5.41) is 17.4. The van der Waals surface area contributed by atoms with Gasteiger partial charge in [-0.25, -0.2) is 5.43 Å². The molecule has 2 aromatic rings. The molecule has 28 heavy (non-hydrogen) atoms. The largest absolute Gasteiger partial charge is 0.352 e. The summed E-state index contributed by atoms with van der Waals surface area (Å²) in [7, 11) is 0. The smallest absolute Gasteiger partial charge is 0.270 e. The van der Waals surface area contributed by atoms with E-state index < -0.39 is 4.92 Å². The SMILES string of the molecule is O=C(CCCCCNC(=O)c1ccccc1)N/N=C\c1cccc([N+](=O)[O-])c1. The van der Waals surface area contributed by atoms with Gasteiger partial charge in [-0.15, -0.1) is 0 Å². The van der Waals surface area contributed by atoms with Crippen molar-refractivity contribution >= 4 is 23.7 Å². The van der Waals surface area contributed by atoms with Crippen molar-refractivity contribution < 1.29 is 14.5 Å². The highest BCUT2D eigenvalue weighted by molar-refractivity contribution is 5.94. The Kier molecular flexibility index (Phi) is 8.32. The molecule has 0 aliphatic rings. The van der Waals surface area contributed by atoms with E-state index in [1.807, 2.05) is 18.2 Å². The van der Waals surface area contributed by atoms with Crippen LogP contribution in [0.3, 0.4) is 0 Å². The molecule has 2 rings (SSSR count). The highest BCUT2D eigenvalue weighted by Crippen LogP contribution is 2.11. The van der Waals surface area contributed by atoms with Gasteiger partial charge < -0.3 is 5.32 Å². The molecular weight excluding hydrogens is 360 g/mol. The van der Waals surface area contributed by atoms with Gasteiger partial charge in [-0.2, -0.15) is 5.10 Å². The molecule has 2 aromatic carbocycles. The van der Waals surface area contributed by atoms with E-state index in [0.29, 0.717) is 30.5 Å². The van der Waals surface area contributed by atoms with Crippen LogP contribution in [-0.2, 0) is 4.79 Å². The lowest BCUT2D eigenvalue weighted by Crippen LogP contribution is -2.24. The average Bonchev–Trinajstić information content (AvgIpc) is 2.71. The van der Waals surface area contributed by atoms with Crippen molar-refractivity contribution in [2.45, 2.75) is 25.7 Å². The molecule has 2 amide bonds. The van der Waals surface area contributed by atoms with Crippen LogP contribution in [0.1, 0.15) is 41.6 Å². The Morgan fingerprint density at radius 1 is 1.04 bits per heavy atom. The number of amides is 2. The minimum Gasteiger partial charge on any atom is -0.352 e. The van der Waals surface area contributed by atoms with Gasteiger partial charge in [-0.1, -0.05) is 36.8 Å². The number of nitrogens with one attached hydrogen (secondary N) is 2. The highest BCUT2D eigenvalue weighted by Gasteiger charge is 2.05. The Morgan fingerprint density at radius 3 is 2.57 bits per heavy atom. The molecule has 0 aliphatic carbocycles. The number of carbonyl (C=O) groups excluding carboxylic acids is 2. The van der Waals surface area contributed by atoms with Gasteiger partial charge in [0.05, 0.1) is 11.1 Å². The number of carbonyl (C=O) groups is 2. The van der Waals surface area contributed by atoms with Crippen molar-refractivity contribution in [1.29, 1.82) is 0 Å². The monoisotopic (exact) mass is 382 g/mol. The number of hydrogen-bond donors (Lipinski definition) is 2. The van der Waals surface area contributed by atoms with E-state index in [9.17, 15) is 19.7 Å². The normalized spacial score (nSPS) is 10.6. The standard InChI is InChI=1S/C20H22N4O4/c25-19(23-22-15-16-8-7-11-18(14-16)24(27)28)12-5-2-6-13-21-20(26)17-9-3-1-4-10-17/h1,3-4,7-11,14-15H,2,5-6,12-13H2,(H,21,26)(H,23,25)/b22-15-. The molecule has 0 fully saturated rings. The molecule has 0 bridgehead atoms. The lowest BCUT2D eigenvalue weighted by molar-refractivity contribution is -0.384. The van der Waals surface area contributed by atoms with Crippen LogP contribution in [0.2, 0.25) is 0 Å². The van der Waals surface area contributed by atoms with Crippen molar-refractivity contribution in [3.63, 3.8) is 0 Å². The zero-order valence-electron chi connectivity index (χ0n) is 15.3. The maximum atomic E-state index is 11.9. The molecule has 0 atom stereocenters. The number of nitro benzene ring substituents is 1. The third kappa shape index (κ3) is 7.36. The first-order valence-corrected chi connectivity index (χ1v) is 8.96. The van der Waals surface area contributed by atoms with Gasteiger partial charge in [-0.3, -0.25) is 19.7 Å². The summed E-state index contributed by atoms with van der Waals surface area (Å²) in [6.07, 6.45) is 3.95. The Bertz CT molecular complexity index is 837. The molecule has 146 valence electrons. The molecule has 0 saturated heterocycles. The van der Waals surface area contributed by atoms with Crippen LogP contribution in [0.4, 0.5) is 5.69 Å². The Hall–Kier alpha value is -3.55. The molecule has 0 unspecified atom stereocenters. The van der Waals surface area contributed by atoms with E-state index in [0.717, 1.165) is 12.8 Å². The lowest BCUT2D eigenvalue weighted by Gasteiger charge is -2.05. The van der Waals surface area contributed by atoms with E-state index in [-0.39, 0.29) is 17.5 Å². The van der Waals surface area contributed by atoms with Crippen LogP contribution in [-0.4, -0.2) is 29.5 Å². The first-order valence-electron chi connectivity index (χ1n) is 8.96. The number of unbranched alkanes of at least 4 members (excludes halogenated alkanes) is 2. The summed E-state index contributed by atoms with van der Waals surface area (Å²) in [5.41, 5.74) is 3.53. The van der Waals surface area contributed by atoms with Crippen molar-refractivity contribution in [2.75, 3.05) is 6.54 Å². The third-order valence-electron chi connectivity index (χ3n) is 3.89. The predicted molar refractivity (Wildman–Crippen MR) is 106 cm³/mol. The van der Waals surface area contributed by atoms with Gasteiger partial charge in [0.1, 0.15) is 0 Å². The number of nitrogens with zero attached hydrogens (tertiary/aromatic N) is 2. The Labute approximate surface area is 162 Å². The van der Waals surface area contributed by atoms with E-state index in [4.69, 9.17) is 0 Å². The molecule has 0 heterocycles. The van der Waals surface area contributed by atoms with E-state index >= 15 is 0 Å². The predicted octanol–water partition coefficient (Wildman–Crippen LogP) is 3.04. The highest BCUT2D eigenvalue weighted by atomic mass is 16.6. The van der Waals surface area contributed by atoms with Crippen molar-refractivity contribution in [3.05, 3.63) is 75.8 Å². The van der Waals surface area contributed by atoms with Gasteiger partial charge in [0.25, 0.3) is 11.6 Å². The summed E-state index contributed by atoms with van der Waals surface area (Å²) < 4.78 is 0. The number of hydrogen-bond acceptors (Lipinski definition) is 5. The number of non-ortho nitro benzene ring substituents is 1. The van der Waals surface area contributed by atoms with Crippen molar-refractivity contribution in [3.8, 4) is 0 Å². The minimum absolute atomic E-state index is 0.0327. The lowest BCUT2D eigenvalue weighted by atomic mass is 10.2. The first-order chi connectivity index (χ1) is 13.6. The van der Waals surface area contributed by atoms with Crippen LogP contribution in [0.25, 0.3) is 0 Å². The molecule has 2 N–H and O–H groups in total. The summed E-state index contributed by atoms with van der Waals surface area (Å²) >= 11 is 0. The fraction of sp³-hybridized carbons (Fsp3) is 0.250. The van der Waals surface area contributed by atoms with Crippen LogP contribution >= 0.6 is 0 Å². The molecule has 0 aliphatic heterocycles. The summed E-state index contributed by atoms with van der Waals surface area (Å²) in [4.78, 5) is 33.8. The maximum absolute atomic E-state index is 11.9. The number of benzene rings is 2. The van der Waals surface area contributed by atoms with E-state index in [2.05, 4.69) is 15.8 Å². The molecule has 8 heteroatoms. The molecule has 0 spiro atoms. The second kappa shape index (κ2) is 11.2. The van der Waals surface area contributed by atoms with Gasteiger partial charge in [0.15, 0.2) is 0 Å². The number of nitro groups is 1. The Morgan fingerprint density at radius 2 is 1.82 bits per heavy atom. The quantitative estimate of drug-likeness (QED) is 0.284. The molecular formula is C20H22N4O4. The van der Waals surface area contributed by atoms with E-state index in [1.54, 1.807) is 24.3 Å². The fourth-order valence-corrected chi connectivity index (χ4v) is 2.43. The van der Waals surface area contributed by atoms with E-state index in [1.165, 1.54) is 18.3 Å². The molecule has 8 nitrogen and oxygen atoms in total. The zero-order valence-corrected chi connectivity index (χ0v) is 15.3. The Balaban J connectivity index is 1.58. The minimum atomic E-state index is -0.488. The summed E-state index contributed by atoms with van der Waals surface area (Å²) in [5.74, 6) is -0.330. The van der Waals surface area contributed by atoms with Crippen LogP contribution in [0.5, 0.6) is 0 Å². The topological polar surface area (TPSA) is 114 Å². The van der Waals surface area contributed by atoms with Gasteiger partial charge in [0.2, 0.25) is 5.91 Å². The van der Waals surface area contributed by atoms with Gasteiger partial charge >= 0.3 is 0 Å². The second-order valence-electron chi connectivity index (χ2n) is 6.08. The van der Waals surface area contributed by atoms with Crippen molar-refractivity contribution in [2.24, 2.45) is 5.10 Å². The average molecular weight is 382 g/mol. The first kappa shape index (κ1) is 20.8. The van der Waals surface area contributed by atoms with Crippen LogP contribution in [0, 0.1) is 10.1 Å². The third-order valence-corrected chi connectivity index (χ3v) is 3.89. The zero-order chi connectivity index (χ0) is 20.2. The number of rotatable bonds is 10. The van der Waals surface area contributed by atoms with Crippen LogP contribution < -0.4 is 10.7 Å². The molecule has 0 aromatic heterocycles. The molecule has 0 saturated carbocycles. The maximum Gasteiger partial charge on any atom is 0.270 e. The van der Waals surface area contributed by atoms with Crippen LogP contribution in [0.15, 0.2) is 59.7 Å². The fourth-order valence-electron chi connectivity index (χ4n) is 2.43. The van der Waals surface area contributed by atoms with Gasteiger partial charge in [0, 0.05) is 36.2 Å².